The van der Waals surface area contributed by atoms with E-state index >= 15 is 0 Å². The van der Waals surface area contributed by atoms with Crippen molar-refractivity contribution in [2.24, 2.45) is 0 Å². The van der Waals surface area contributed by atoms with Crippen LogP contribution in [0.4, 0.5) is 0 Å². The molecule has 0 radical (unpaired) electrons. The molecule has 0 fully saturated rings. The molecule has 0 spiro atoms. The third-order valence-electron chi connectivity index (χ3n) is 5.62. The lowest BCUT2D eigenvalue weighted by Gasteiger charge is -2.19. The van der Waals surface area contributed by atoms with Crippen molar-refractivity contribution in [3.05, 3.63) is 104 Å². The van der Waals surface area contributed by atoms with Gasteiger partial charge >= 0.3 is 5.97 Å². The fourth-order valence-electron chi connectivity index (χ4n) is 3.97. The summed E-state index contributed by atoms with van der Waals surface area (Å²) < 4.78 is 7.38. The summed E-state index contributed by atoms with van der Waals surface area (Å²) in [6, 6.07) is 21.9. The molecule has 1 aromatic heterocycles. The van der Waals surface area contributed by atoms with Crippen molar-refractivity contribution in [2.45, 2.75) is 6.54 Å². The average molecular weight is 519 g/mol. The monoisotopic (exact) mass is 518 g/mol. The van der Waals surface area contributed by atoms with Gasteiger partial charge in [0.05, 0.1) is 13.7 Å². The second-order valence-electron chi connectivity index (χ2n) is 8.06. The van der Waals surface area contributed by atoms with Crippen LogP contribution in [0.5, 0.6) is 0 Å². The van der Waals surface area contributed by atoms with E-state index in [4.69, 9.17) is 4.74 Å². The molecule has 0 bridgehead atoms. The van der Waals surface area contributed by atoms with Crippen molar-refractivity contribution in [1.29, 1.82) is 0 Å². The first-order valence-electron chi connectivity index (χ1n) is 10.6. The Bertz CT molecular complexity index is 1440. The van der Waals surface area contributed by atoms with Gasteiger partial charge < -0.3 is 9.64 Å². The van der Waals surface area contributed by atoms with E-state index in [0.717, 1.165) is 15.6 Å². The van der Waals surface area contributed by atoms with E-state index < -0.39 is 5.97 Å². The lowest BCUT2D eigenvalue weighted by molar-refractivity contribution is 0.0588. The van der Waals surface area contributed by atoms with Gasteiger partial charge in [-0.25, -0.2) is 4.79 Å². The molecular formula is C27H23BrN2O4. The first-order chi connectivity index (χ1) is 16.3. The Balaban J connectivity index is 1.97. The summed E-state index contributed by atoms with van der Waals surface area (Å²) in [5.41, 5.74) is 2.63. The van der Waals surface area contributed by atoms with Crippen molar-refractivity contribution >= 4 is 38.6 Å². The number of nitrogens with zero attached hydrogens (tertiary/aromatic N) is 2. The number of amides is 1. The van der Waals surface area contributed by atoms with E-state index in [2.05, 4.69) is 15.9 Å². The van der Waals surface area contributed by atoms with Crippen molar-refractivity contribution in [1.82, 2.24) is 9.47 Å². The standard InChI is InChI=1S/C27H23BrN2O4/c1-29(2)25(31)19-11-9-17(10-12-19)16-30-24(27(33)34-3)23(18-7-5-4-6-8-18)22-15-20(28)13-14-21(22)26(30)32/h4-15H,16H2,1-3H3. The zero-order chi connectivity index (χ0) is 24.4. The minimum Gasteiger partial charge on any atom is -0.464 e. The van der Waals surface area contributed by atoms with Crippen LogP contribution in [-0.2, 0) is 11.3 Å². The zero-order valence-corrected chi connectivity index (χ0v) is 20.6. The summed E-state index contributed by atoms with van der Waals surface area (Å²) >= 11 is 3.49. The maximum absolute atomic E-state index is 13.6. The number of carbonyl (C=O) groups is 2. The Morgan fingerprint density at radius 1 is 0.941 bits per heavy atom. The second kappa shape index (κ2) is 9.65. The van der Waals surface area contributed by atoms with Crippen molar-refractivity contribution in [2.75, 3.05) is 21.2 Å². The van der Waals surface area contributed by atoms with Gasteiger partial charge in [-0.15, -0.1) is 0 Å². The van der Waals surface area contributed by atoms with Gasteiger partial charge in [0.25, 0.3) is 11.5 Å². The van der Waals surface area contributed by atoms with Gasteiger partial charge in [-0.1, -0.05) is 58.4 Å². The van der Waals surface area contributed by atoms with Gasteiger partial charge in [-0.2, -0.15) is 0 Å². The van der Waals surface area contributed by atoms with E-state index in [1.54, 1.807) is 44.4 Å². The normalized spacial score (nSPS) is 10.8. The fraction of sp³-hybridized carbons (Fsp3) is 0.148. The zero-order valence-electron chi connectivity index (χ0n) is 19.0. The van der Waals surface area contributed by atoms with Gasteiger partial charge in [0.1, 0.15) is 5.69 Å². The number of aromatic nitrogens is 1. The quantitative estimate of drug-likeness (QED) is 0.350. The Kier molecular flexibility index (Phi) is 6.65. The van der Waals surface area contributed by atoms with Gasteiger partial charge in [-0.05, 0) is 46.8 Å². The van der Waals surface area contributed by atoms with E-state index in [1.807, 2.05) is 42.5 Å². The molecule has 1 amide bonds. The molecular weight excluding hydrogens is 496 g/mol. The predicted molar refractivity (Wildman–Crippen MR) is 136 cm³/mol. The molecule has 0 saturated carbocycles. The number of ether oxygens (including phenoxy) is 1. The number of hydrogen-bond donors (Lipinski definition) is 0. The first kappa shape index (κ1) is 23.4. The molecule has 0 atom stereocenters. The van der Waals surface area contributed by atoms with Gasteiger partial charge in [0.15, 0.2) is 0 Å². The number of esters is 1. The van der Waals surface area contributed by atoms with E-state index in [0.29, 0.717) is 21.9 Å². The molecule has 0 aliphatic carbocycles. The SMILES string of the molecule is COC(=O)c1c(-c2ccccc2)c2cc(Br)ccc2c(=O)n1Cc1ccc(C(=O)N(C)C)cc1. The molecule has 4 rings (SSSR count). The van der Waals surface area contributed by atoms with Crippen LogP contribution >= 0.6 is 15.9 Å². The second-order valence-corrected chi connectivity index (χ2v) is 8.97. The van der Waals surface area contributed by atoms with Gasteiger partial charge in [0, 0.05) is 35.1 Å². The van der Waals surface area contributed by atoms with Crippen molar-refractivity contribution in [3.63, 3.8) is 0 Å². The summed E-state index contributed by atoms with van der Waals surface area (Å²) in [6.07, 6.45) is 0. The third-order valence-corrected chi connectivity index (χ3v) is 6.12. The maximum atomic E-state index is 13.6. The topological polar surface area (TPSA) is 68.6 Å². The molecule has 0 aliphatic heterocycles. The van der Waals surface area contributed by atoms with Gasteiger partial charge in [0.2, 0.25) is 0 Å². The number of methoxy groups -OCH3 is 1. The largest absolute Gasteiger partial charge is 0.464 e. The van der Waals surface area contributed by atoms with Crippen LogP contribution in [0.25, 0.3) is 21.9 Å². The molecule has 4 aromatic rings. The van der Waals surface area contributed by atoms with Crippen LogP contribution in [0, 0.1) is 0 Å². The molecule has 7 heteroatoms. The highest BCUT2D eigenvalue weighted by atomic mass is 79.9. The highest BCUT2D eigenvalue weighted by Gasteiger charge is 2.24. The summed E-state index contributed by atoms with van der Waals surface area (Å²) in [5, 5.41) is 1.16. The van der Waals surface area contributed by atoms with Crippen molar-refractivity contribution < 1.29 is 14.3 Å². The van der Waals surface area contributed by atoms with Crippen LogP contribution in [0.15, 0.2) is 82.1 Å². The summed E-state index contributed by atoms with van der Waals surface area (Å²) in [7, 11) is 4.69. The van der Waals surface area contributed by atoms with Crippen molar-refractivity contribution in [3.8, 4) is 11.1 Å². The van der Waals surface area contributed by atoms with Crippen LogP contribution in [-0.4, -0.2) is 42.5 Å². The molecule has 0 saturated heterocycles. The highest BCUT2D eigenvalue weighted by molar-refractivity contribution is 9.10. The number of hydrogen-bond acceptors (Lipinski definition) is 4. The lowest BCUT2D eigenvalue weighted by Crippen LogP contribution is -2.28. The number of fused-ring (bicyclic) bond motifs is 1. The number of benzene rings is 3. The Morgan fingerprint density at radius 3 is 2.24 bits per heavy atom. The lowest BCUT2D eigenvalue weighted by atomic mass is 9.96. The molecule has 1 heterocycles. The van der Waals surface area contributed by atoms with Crippen LogP contribution in [0.1, 0.15) is 26.4 Å². The van der Waals surface area contributed by atoms with E-state index in [-0.39, 0.29) is 23.7 Å². The van der Waals surface area contributed by atoms with Crippen LogP contribution < -0.4 is 5.56 Å². The number of carbonyl (C=O) groups excluding carboxylic acids is 2. The molecule has 0 unspecified atom stereocenters. The summed E-state index contributed by atoms with van der Waals surface area (Å²) in [4.78, 5) is 40.4. The minimum atomic E-state index is -0.600. The van der Waals surface area contributed by atoms with Crippen LogP contribution in [0.3, 0.4) is 0 Å². The predicted octanol–water partition coefficient (Wildman–Crippen LogP) is 4.97. The third kappa shape index (κ3) is 4.39. The highest BCUT2D eigenvalue weighted by Crippen LogP contribution is 2.33. The number of halogens is 1. The van der Waals surface area contributed by atoms with E-state index in [9.17, 15) is 14.4 Å². The molecule has 3 aromatic carbocycles. The molecule has 0 aliphatic rings. The Hall–Kier alpha value is -3.71. The molecule has 6 nitrogen and oxygen atoms in total. The van der Waals surface area contributed by atoms with Crippen LogP contribution in [0.2, 0.25) is 0 Å². The summed E-state index contributed by atoms with van der Waals surface area (Å²) in [6.45, 7) is 0.144. The van der Waals surface area contributed by atoms with Gasteiger partial charge in [-0.3, -0.25) is 14.2 Å². The average Bonchev–Trinajstić information content (AvgIpc) is 2.85. The summed E-state index contributed by atoms with van der Waals surface area (Å²) in [5.74, 6) is -0.709. The number of rotatable bonds is 5. The minimum absolute atomic E-state index is 0.110. The maximum Gasteiger partial charge on any atom is 0.355 e. The molecule has 0 N–H and O–H groups in total. The van der Waals surface area contributed by atoms with E-state index in [1.165, 1.54) is 16.6 Å². The molecule has 172 valence electrons. The Labute approximate surface area is 205 Å². The Morgan fingerprint density at radius 2 is 1.62 bits per heavy atom. The number of pyridine rings is 1. The fourth-order valence-corrected chi connectivity index (χ4v) is 4.33. The first-order valence-corrected chi connectivity index (χ1v) is 11.4. The molecule has 34 heavy (non-hydrogen) atoms. The smallest absolute Gasteiger partial charge is 0.355 e.